The molecule has 0 aromatic rings. The maximum absolute atomic E-state index is 10.9. The first kappa shape index (κ1) is 10.2. The summed E-state index contributed by atoms with van der Waals surface area (Å²) in [6, 6.07) is 0. The summed E-state index contributed by atoms with van der Waals surface area (Å²) >= 11 is 0. The molecule has 0 heterocycles. The normalized spacial score (nSPS) is 13.5. The lowest BCUT2D eigenvalue weighted by Crippen LogP contribution is -2.25. The van der Waals surface area contributed by atoms with Crippen molar-refractivity contribution in [1.29, 1.82) is 0 Å². The zero-order chi connectivity index (χ0) is 9.07. The molecule has 0 aliphatic carbocycles. The van der Waals surface area contributed by atoms with Gasteiger partial charge in [0.05, 0.1) is 6.42 Å². The molecule has 0 rings (SSSR count). The van der Waals surface area contributed by atoms with Gasteiger partial charge in [0.25, 0.3) is 0 Å². The van der Waals surface area contributed by atoms with Gasteiger partial charge in [-0.1, -0.05) is 5.92 Å². The first-order valence-corrected chi connectivity index (χ1v) is 5.00. The van der Waals surface area contributed by atoms with Gasteiger partial charge in [0.1, 0.15) is 5.25 Å². The molecular weight excluding hydrogens is 164 g/mol. The predicted octanol–water partition coefficient (Wildman–Crippen LogP) is 0.0119. The van der Waals surface area contributed by atoms with Crippen molar-refractivity contribution in [2.45, 2.75) is 18.6 Å². The highest BCUT2D eigenvalue weighted by Crippen LogP contribution is 2.01. The second-order valence-corrected chi connectivity index (χ2v) is 4.69. The number of terminal acetylenes is 1. The maximum atomic E-state index is 10.9. The van der Waals surface area contributed by atoms with Gasteiger partial charge in [-0.3, -0.25) is 4.79 Å². The van der Waals surface area contributed by atoms with Crippen LogP contribution in [0.25, 0.3) is 0 Å². The van der Waals surface area contributed by atoms with Crippen LogP contribution < -0.4 is 0 Å². The van der Waals surface area contributed by atoms with Crippen molar-refractivity contribution in [3.8, 4) is 12.3 Å². The lowest BCUT2D eigenvalue weighted by atomic mass is 10.2. The monoisotopic (exact) mass is 174 g/mol. The fourth-order valence-electron chi connectivity index (χ4n) is 0.483. The van der Waals surface area contributed by atoms with Gasteiger partial charge in [-0.05, 0) is 6.92 Å². The zero-order valence-corrected chi connectivity index (χ0v) is 7.31. The Morgan fingerprint density at radius 2 is 2.09 bits per heavy atom. The molecule has 0 saturated carbocycles. The Hall–Kier alpha value is -0.820. The first-order valence-electron chi connectivity index (χ1n) is 3.04. The Kier molecular flexibility index (Phi) is 3.27. The van der Waals surface area contributed by atoms with Gasteiger partial charge < -0.3 is 0 Å². The van der Waals surface area contributed by atoms with Crippen LogP contribution in [0.1, 0.15) is 13.3 Å². The summed E-state index contributed by atoms with van der Waals surface area (Å²) < 4.78 is 21.5. The van der Waals surface area contributed by atoms with Crippen LogP contribution in [0.15, 0.2) is 0 Å². The first-order chi connectivity index (χ1) is 4.89. The van der Waals surface area contributed by atoms with E-state index in [1.54, 1.807) is 0 Å². The lowest BCUT2D eigenvalue weighted by Gasteiger charge is -2.04. The molecule has 0 bridgehead atoms. The van der Waals surface area contributed by atoms with Crippen LogP contribution in [-0.4, -0.2) is 25.7 Å². The third-order valence-electron chi connectivity index (χ3n) is 1.37. The third kappa shape index (κ3) is 3.19. The highest BCUT2D eigenvalue weighted by molar-refractivity contribution is 7.92. The average molecular weight is 174 g/mol. The van der Waals surface area contributed by atoms with E-state index in [9.17, 15) is 13.2 Å². The van der Waals surface area contributed by atoms with Gasteiger partial charge in [-0.15, -0.1) is 6.42 Å². The molecule has 0 radical (unpaired) electrons. The largest absolute Gasteiger partial charge is 0.297 e. The predicted molar refractivity (Wildman–Crippen MR) is 42.8 cm³/mol. The zero-order valence-electron chi connectivity index (χ0n) is 6.49. The molecule has 62 valence electrons. The molecule has 1 unspecified atom stereocenters. The molecule has 0 spiro atoms. The van der Waals surface area contributed by atoms with Gasteiger partial charge in [0.15, 0.2) is 15.6 Å². The Balaban J connectivity index is 4.42. The maximum Gasteiger partial charge on any atom is 0.162 e. The van der Waals surface area contributed by atoms with Crippen molar-refractivity contribution in [2.24, 2.45) is 0 Å². The van der Waals surface area contributed by atoms with Gasteiger partial charge in [-0.2, -0.15) is 0 Å². The molecule has 0 aromatic heterocycles. The number of ketones is 1. The highest BCUT2D eigenvalue weighted by atomic mass is 32.2. The fourth-order valence-corrected chi connectivity index (χ4v) is 1.04. The molecule has 0 amide bonds. The van der Waals surface area contributed by atoms with Crippen molar-refractivity contribution >= 4 is 15.6 Å². The lowest BCUT2D eigenvalue weighted by molar-refractivity contribution is -0.117. The highest BCUT2D eigenvalue weighted by Gasteiger charge is 2.21. The minimum absolute atomic E-state index is 0.117. The minimum Gasteiger partial charge on any atom is -0.297 e. The quantitative estimate of drug-likeness (QED) is 0.566. The van der Waals surface area contributed by atoms with E-state index in [-0.39, 0.29) is 6.42 Å². The van der Waals surface area contributed by atoms with E-state index >= 15 is 0 Å². The van der Waals surface area contributed by atoms with Gasteiger partial charge in [0.2, 0.25) is 0 Å². The smallest absolute Gasteiger partial charge is 0.162 e. The number of rotatable bonds is 3. The van der Waals surface area contributed by atoms with Crippen molar-refractivity contribution in [1.82, 2.24) is 0 Å². The molecule has 0 aromatic carbocycles. The molecule has 1 atom stereocenters. The minimum atomic E-state index is -3.27. The number of Topliss-reactive ketones (excluding diaryl/α,β-unsaturated/α-hetero) is 1. The average Bonchev–Trinajstić information content (AvgIpc) is 1.85. The van der Waals surface area contributed by atoms with Crippen LogP contribution in [0.2, 0.25) is 0 Å². The summed E-state index contributed by atoms with van der Waals surface area (Å²) in [5.74, 6) is 1.69. The second-order valence-electron chi connectivity index (χ2n) is 2.32. The third-order valence-corrected chi connectivity index (χ3v) is 2.92. The second kappa shape index (κ2) is 3.54. The van der Waals surface area contributed by atoms with Gasteiger partial charge >= 0.3 is 0 Å². The summed E-state index contributed by atoms with van der Waals surface area (Å²) in [6.45, 7) is 1.34. The summed E-state index contributed by atoms with van der Waals surface area (Å²) in [6.07, 6.45) is 5.75. The van der Waals surface area contributed by atoms with Crippen LogP contribution >= 0.6 is 0 Å². The summed E-state index contributed by atoms with van der Waals surface area (Å²) in [4.78, 5) is 10.9. The molecular formula is C7H10O3S. The van der Waals surface area contributed by atoms with Crippen molar-refractivity contribution < 1.29 is 13.2 Å². The van der Waals surface area contributed by atoms with Crippen molar-refractivity contribution in [3.63, 3.8) is 0 Å². The SMILES string of the molecule is C#CCC(=O)C(C)S(C)(=O)=O. The van der Waals surface area contributed by atoms with Crippen LogP contribution in [0.3, 0.4) is 0 Å². The van der Waals surface area contributed by atoms with Crippen LogP contribution in [0.5, 0.6) is 0 Å². The summed E-state index contributed by atoms with van der Waals surface area (Å²) in [7, 11) is -3.27. The van der Waals surface area contributed by atoms with Crippen molar-refractivity contribution in [3.05, 3.63) is 0 Å². The Bertz CT molecular complexity index is 281. The van der Waals surface area contributed by atoms with Gasteiger partial charge in [0, 0.05) is 6.26 Å². The summed E-state index contributed by atoms with van der Waals surface area (Å²) in [5, 5.41) is -0.974. The molecule has 0 fully saturated rings. The van der Waals surface area contributed by atoms with Crippen LogP contribution in [0.4, 0.5) is 0 Å². The van der Waals surface area contributed by atoms with E-state index in [2.05, 4.69) is 5.92 Å². The molecule has 3 nitrogen and oxygen atoms in total. The topological polar surface area (TPSA) is 51.2 Å². The van der Waals surface area contributed by atoms with Crippen LogP contribution in [-0.2, 0) is 14.6 Å². The number of carbonyl (C=O) groups is 1. The van der Waals surface area contributed by atoms with Crippen molar-refractivity contribution in [2.75, 3.05) is 6.26 Å². The molecule has 0 aliphatic rings. The Morgan fingerprint density at radius 1 is 1.64 bits per heavy atom. The van der Waals surface area contributed by atoms with Gasteiger partial charge in [-0.25, -0.2) is 8.42 Å². The van der Waals surface area contributed by atoms with E-state index in [1.165, 1.54) is 6.92 Å². The molecule has 0 aliphatic heterocycles. The van der Waals surface area contributed by atoms with E-state index in [0.717, 1.165) is 6.26 Å². The molecule has 0 saturated heterocycles. The number of hydrogen-bond donors (Lipinski definition) is 0. The van der Waals surface area contributed by atoms with E-state index in [0.29, 0.717) is 0 Å². The van der Waals surface area contributed by atoms with E-state index in [4.69, 9.17) is 6.42 Å². The number of sulfone groups is 1. The van der Waals surface area contributed by atoms with E-state index < -0.39 is 20.9 Å². The van der Waals surface area contributed by atoms with Crippen LogP contribution in [0, 0.1) is 12.3 Å². The number of carbonyl (C=O) groups excluding carboxylic acids is 1. The Morgan fingerprint density at radius 3 is 2.36 bits per heavy atom. The number of hydrogen-bond acceptors (Lipinski definition) is 3. The Labute approximate surface area is 66.7 Å². The standard InChI is InChI=1S/C7H10O3S/c1-4-5-7(8)6(2)11(3,9)10/h1,6H,5H2,2-3H3. The van der Waals surface area contributed by atoms with E-state index in [1.807, 2.05) is 0 Å². The summed E-state index contributed by atoms with van der Waals surface area (Å²) in [5.41, 5.74) is 0. The fraction of sp³-hybridized carbons (Fsp3) is 0.571. The molecule has 0 N–H and O–H groups in total. The molecule has 4 heteroatoms. The molecule has 11 heavy (non-hydrogen) atoms.